The molecule has 0 radical (unpaired) electrons. The molecule has 1 aliphatic heterocycles. The zero-order valence-corrected chi connectivity index (χ0v) is 14.2. The van der Waals surface area contributed by atoms with Crippen LogP contribution in [0.5, 0.6) is 0 Å². The second-order valence-electron chi connectivity index (χ2n) is 6.39. The first-order valence-electron chi connectivity index (χ1n) is 8.45. The summed E-state index contributed by atoms with van der Waals surface area (Å²) in [6.45, 7) is 6.13. The Bertz CT molecular complexity index is 715. The van der Waals surface area contributed by atoms with Gasteiger partial charge in [-0.25, -0.2) is 0 Å². The molecule has 0 spiro atoms. The Kier molecular flexibility index (Phi) is 4.56. The molecule has 0 bridgehead atoms. The van der Waals surface area contributed by atoms with E-state index >= 15 is 0 Å². The molecule has 126 valence electrons. The molecular weight excluding hydrogens is 302 g/mol. The zero-order valence-electron chi connectivity index (χ0n) is 14.2. The molecule has 0 amide bonds. The number of esters is 1. The van der Waals surface area contributed by atoms with Gasteiger partial charge in [-0.05, 0) is 30.4 Å². The fourth-order valence-electron chi connectivity index (χ4n) is 3.72. The van der Waals surface area contributed by atoms with E-state index in [0.717, 1.165) is 36.1 Å². The topological polar surface area (TPSA) is 55.4 Å². The summed E-state index contributed by atoms with van der Waals surface area (Å²) in [5, 5.41) is 3.20. The maximum atomic E-state index is 12.6. The molecule has 0 aromatic heterocycles. The smallest absolute Gasteiger partial charge is 0.315 e. The predicted octanol–water partition coefficient (Wildman–Crippen LogP) is 3.25. The highest BCUT2D eigenvalue weighted by molar-refractivity contribution is 6.00. The van der Waals surface area contributed by atoms with Crippen LogP contribution in [-0.2, 0) is 20.7 Å². The molecule has 1 aromatic carbocycles. The third kappa shape index (κ3) is 2.77. The van der Waals surface area contributed by atoms with Gasteiger partial charge in [0.05, 0.1) is 7.11 Å². The van der Waals surface area contributed by atoms with Gasteiger partial charge in [-0.2, -0.15) is 0 Å². The van der Waals surface area contributed by atoms with Crippen LogP contribution in [0.1, 0.15) is 43.2 Å². The van der Waals surface area contributed by atoms with E-state index in [1.807, 2.05) is 12.1 Å². The van der Waals surface area contributed by atoms with Crippen LogP contribution < -0.4 is 5.32 Å². The minimum atomic E-state index is -0.580. The van der Waals surface area contributed by atoms with Crippen LogP contribution in [0, 0.1) is 5.92 Å². The van der Waals surface area contributed by atoms with Crippen molar-refractivity contribution in [3.8, 4) is 0 Å². The van der Waals surface area contributed by atoms with Crippen molar-refractivity contribution >= 4 is 11.8 Å². The lowest BCUT2D eigenvalue weighted by molar-refractivity contribution is -0.144. The van der Waals surface area contributed by atoms with Crippen molar-refractivity contribution in [2.75, 3.05) is 7.11 Å². The highest BCUT2D eigenvalue weighted by Crippen LogP contribution is 2.44. The predicted molar refractivity (Wildman–Crippen MR) is 92.2 cm³/mol. The van der Waals surface area contributed by atoms with Crippen molar-refractivity contribution in [3.63, 3.8) is 0 Å². The summed E-state index contributed by atoms with van der Waals surface area (Å²) in [6.07, 6.45) is 3.14. The largest absolute Gasteiger partial charge is 0.468 e. The number of aryl methyl sites for hydroxylation is 1. The van der Waals surface area contributed by atoms with Crippen LogP contribution in [0.2, 0.25) is 0 Å². The highest BCUT2D eigenvalue weighted by atomic mass is 16.5. The van der Waals surface area contributed by atoms with Crippen molar-refractivity contribution < 1.29 is 14.3 Å². The average molecular weight is 325 g/mol. The molecule has 0 fully saturated rings. The third-order valence-corrected chi connectivity index (χ3v) is 4.99. The van der Waals surface area contributed by atoms with E-state index in [9.17, 15) is 9.59 Å². The monoisotopic (exact) mass is 325 g/mol. The molecule has 24 heavy (non-hydrogen) atoms. The minimum absolute atomic E-state index is 0.120. The lowest BCUT2D eigenvalue weighted by Crippen LogP contribution is -2.40. The van der Waals surface area contributed by atoms with Gasteiger partial charge in [0.25, 0.3) is 0 Å². The number of allylic oxidation sites excluding steroid dienone is 2. The second kappa shape index (κ2) is 6.63. The third-order valence-electron chi connectivity index (χ3n) is 4.99. The summed E-state index contributed by atoms with van der Waals surface area (Å²) < 4.78 is 5.00. The molecule has 2 unspecified atom stereocenters. The second-order valence-corrected chi connectivity index (χ2v) is 6.39. The standard InChI is InChI=1S/C20H23NO3/c1-4-13-8-10-14(11-9-13)18-17(20(23)24-3)12(2)21-15-6-5-7-16(22)19(15)18/h8-11,17-18,21H,2,4-7H2,1,3H3. The SMILES string of the molecule is C=C1NC2=C(C(=O)CCC2)C(c2ccc(CC)cc2)C1C(=O)OC. The number of hydrogen-bond acceptors (Lipinski definition) is 4. The molecule has 3 rings (SSSR count). The number of ketones is 1. The Morgan fingerprint density at radius 3 is 2.62 bits per heavy atom. The molecule has 1 heterocycles. The number of benzene rings is 1. The van der Waals surface area contributed by atoms with E-state index in [4.69, 9.17) is 4.74 Å². The van der Waals surface area contributed by atoms with Crippen LogP contribution in [0.3, 0.4) is 0 Å². The highest BCUT2D eigenvalue weighted by Gasteiger charge is 2.43. The molecule has 0 saturated heterocycles. The van der Waals surface area contributed by atoms with Crippen molar-refractivity contribution in [2.45, 2.75) is 38.5 Å². The summed E-state index contributed by atoms with van der Waals surface area (Å²) in [4.78, 5) is 25.0. The normalized spacial score (nSPS) is 23.6. The molecule has 2 aliphatic rings. The van der Waals surface area contributed by atoms with Gasteiger partial charge < -0.3 is 10.1 Å². The van der Waals surface area contributed by atoms with Gasteiger partial charge >= 0.3 is 5.97 Å². The van der Waals surface area contributed by atoms with E-state index in [1.165, 1.54) is 12.7 Å². The maximum absolute atomic E-state index is 12.6. The fourth-order valence-corrected chi connectivity index (χ4v) is 3.72. The van der Waals surface area contributed by atoms with E-state index < -0.39 is 5.92 Å². The number of carbonyl (C=O) groups excluding carboxylic acids is 2. The van der Waals surface area contributed by atoms with Crippen LogP contribution in [-0.4, -0.2) is 18.9 Å². The Hall–Kier alpha value is -2.36. The number of ether oxygens (including phenoxy) is 1. The van der Waals surface area contributed by atoms with Gasteiger partial charge in [0.2, 0.25) is 0 Å². The van der Waals surface area contributed by atoms with Crippen LogP contribution in [0.4, 0.5) is 0 Å². The summed E-state index contributed by atoms with van der Waals surface area (Å²) in [5.74, 6) is -1.14. The molecule has 4 nitrogen and oxygen atoms in total. The number of carbonyl (C=O) groups is 2. The van der Waals surface area contributed by atoms with Gasteiger partial charge in [0, 0.05) is 29.3 Å². The minimum Gasteiger partial charge on any atom is -0.468 e. The average Bonchev–Trinajstić information content (AvgIpc) is 2.60. The van der Waals surface area contributed by atoms with Gasteiger partial charge in [-0.15, -0.1) is 0 Å². The zero-order chi connectivity index (χ0) is 17.3. The number of hydrogen-bond donors (Lipinski definition) is 1. The number of Topliss-reactive ketones (excluding diaryl/α,β-unsaturated/α-hetero) is 1. The van der Waals surface area contributed by atoms with E-state index in [2.05, 4.69) is 31.0 Å². The number of methoxy groups -OCH3 is 1. The first kappa shape index (κ1) is 16.5. The van der Waals surface area contributed by atoms with Gasteiger partial charge in [0.1, 0.15) is 5.92 Å². The summed E-state index contributed by atoms with van der Waals surface area (Å²) in [7, 11) is 1.37. The molecule has 1 N–H and O–H groups in total. The number of nitrogens with one attached hydrogen (secondary N) is 1. The van der Waals surface area contributed by atoms with Crippen LogP contribution in [0.15, 0.2) is 47.8 Å². The van der Waals surface area contributed by atoms with Crippen LogP contribution in [0.25, 0.3) is 0 Å². The molecular formula is C20H23NO3. The summed E-state index contributed by atoms with van der Waals surface area (Å²) >= 11 is 0. The lowest BCUT2D eigenvalue weighted by Gasteiger charge is -2.38. The molecule has 4 heteroatoms. The molecule has 0 saturated carbocycles. The Morgan fingerprint density at radius 1 is 1.29 bits per heavy atom. The first-order valence-corrected chi connectivity index (χ1v) is 8.45. The summed E-state index contributed by atoms with van der Waals surface area (Å²) in [6, 6.07) is 8.15. The van der Waals surface area contributed by atoms with Crippen molar-refractivity contribution in [1.29, 1.82) is 0 Å². The lowest BCUT2D eigenvalue weighted by atomic mass is 9.71. The van der Waals surface area contributed by atoms with Gasteiger partial charge in [0.15, 0.2) is 5.78 Å². The number of rotatable bonds is 3. The van der Waals surface area contributed by atoms with Crippen molar-refractivity contribution in [3.05, 3.63) is 58.9 Å². The molecule has 1 aromatic rings. The van der Waals surface area contributed by atoms with Gasteiger partial charge in [-0.3, -0.25) is 9.59 Å². The Labute approximate surface area is 142 Å². The Balaban J connectivity index is 2.13. The van der Waals surface area contributed by atoms with E-state index in [0.29, 0.717) is 12.1 Å². The van der Waals surface area contributed by atoms with Gasteiger partial charge in [-0.1, -0.05) is 37.8 Å². The van der Waals surface area contributed by atoms with Crippen molar-refractivity contribution in [1.82, 2.24) is 5.32 Å². The Morgan fingerprint density at radius 2 is 2.00 bits per heavy atom. The molecule has 2 atom stereocenters. The van der Waals surface area contributed by atoms with Crippen molar-refractivity contribution in [2.24, 2.45) is 5.92 Å². The molecule has 1 aliphatic carbocycles. The van der Waals surface area contributed by atoms with E-state index in [-0.39, 0.29) is 17.7 Å². The van der Waals surface area contributed by atoms with E-state index in [1.54, 1.807) is 0 Å². The first-order chi connectivity index (χ1) is 11.6. The van der Waals surface area contributed by atoms with Crippen LogP contribution >= 0.6 is 0 Å². The summed E-state index contributed by atoms with van der Waals surface area (Å²) in [5.41, 5.74) is 4.45. The fraction of sp³-hybridized carbons (Fsp3) is 0.400. The quantitative estimate of drug-likeness (QED) is 0.867. The maximum Gasteiger partial charge on any atom is 0.315 e.